The van der Waals surface area contributed by atoms with Crippen molar-refractivity contribution in [2.75, 3.05) is 17.6 Å². The second-order valence-electron chi connectivity index (χ2n) is 6.46. The normalized spacial score (nSPS) is 13.1. The molecule has 0 unspecified atom stereocenters. The first kappa shape index (κ1) is 21.7. The monoisotopic (exact) mass is 414 g/mol. The standard InChI is InChI=1S/C19H21F3N2O3S/c1-14(18(25)23(2)13-15-8-5-4-6-9-15)24(28(3,26)27)17-11-7-10-16(12-17)19(20,21)22/h4-12,14H,13H2,1-3H3/t14-/m1/s1. The predicted molar refractivity (Wildman–Crippen MR) is 101 cm³/mol. The van der Waals surface area contributed by atoms with Crippen LogP contribution in [0.2, 0.25) is 0 Å². The van der Waals surface area contributed by atoms with E-state index in [1.165, 1.54) is 24.9 Å². The van der Waals surface area contributed by atoms with E-state index in [0.717, 1.165) is 30.0 Å². The van der Waals surface area contributed by atoms with Gasteiger partial charge < -0.3 is 4.90 Å². The molecule has 2 rings (SSSR count). The summed E-state index contributed by atoms with van der Waals surface area (Å²) in [6.07, 6.45) is -3.77. The van der Waals surface area contributed by atoms with Gasteiger partial charge in [-0.2, -0.15) is 13.2 Å². The van der Waals surface area contributed by atoms with Gasteiger partial charge >= 0.3 is 6.18 Å². The lowest BCUT2D eigenvalue weighted by atomic mass is 10.1. The minimum atomic E-state index is -4.63. The van der Waals surface area contributed by atoms with Crippen LogP contribution < -0.4 is 4.31 Å². The minimum absolute atomic E-state index is 0.216. The van der Waals surface area contributed by atoms with Crippen molar-refractivity contribution in [3.63, 3.8) is 0 Å². The molecular formula is C19H21F3N2O3S. The lowest BCUT2D eigenvalue weighted by Crippen LogP contribution is -2.48. The number of amides is 1. The number of halogens is 3. The summed E-state index contributed by atoms with van der Waals surface area (Å²) < 4.78 is 64.3. The SMILES string of the molecule is C[C@H](C(=O)N(C)Cc1ccccc1)N(c1cccc(C(F)(F)F)c1)S(C)(=O)=O. The highest BCUT2D eigenvalue weighted by atomic mass is 32.2. The molecule has 1 amide bonds. The number of sulfonamides is 1. The number of nitrogens with zero attached hydrogens (tertiary/aromatic N) is 2. The summed E-state index contributed by atoms with van der Waals surface area (Å²) in [6.45, 7) is 1.59. The Balaban J connectivity index is 2.34. The minimum Gasteiger partial charge on any atom is -0.340 e. The third-order valence-electron chi connectivity index (χ3n) is 4.13. The fourth-order valence-corrected chi connectivity index (χ4v) is 4.04. The molecule has 0 saturated heterocycles. The smallest absolute Gasteiger partial charge is 0.340 e. The molecule has 152 valence electrons. The fourth-order valence-electron chi connectivity index (χ4n) is 2.88. The van der Waals surface area contributed by atoms with E-state index < -0.39 is 33.7 Å². The number of carbonyl (C=O) groups excluding carboxylic acids is 1. The molecule has 0 aliphatic carbocycles. The maximum Gasteiger partial charge on any atom is 0.416 e. The van der Waals surface area contributed by atoms with Crippen molar-refractivity contribution in [1.29, 1.82) is 0 Å². The first-order valence-electron chi connectivity index (χ1n) is 8.37. The van der Waals surface area contributed by atoms with E-state index in [0.29, 0.717) is 4.31 Å². The van der Waals surface area contributed by atoms with Gasteiger partial charge in [0, 0.05) is 13.6 Å². The van der Waals surface area contributed by atoms with E-state index in [1.807, 2.05) is 30.3 Å². The van der Waals surface area contributed by atoms with E-state index in [9.17, 15) is 26.4 Å². The molecule has 9 heteroatoms. The van der Waals surface area contributed by atoms with Crippen LogP contribution in [-0.2, 0) is 27.5 Å². The van der Waals surface area contributed by atoms with Crippen LogP contribution in [0.25, 0.3) is 0 Å². The second kappa shape index (κ2) is 8.22. The Morgan fingerprint density at radius 1 is 1.07 bits per heavy atom. The van der Waals surface area contributed by atoms with Crippen LogP contribution in [0.4, 0.5) is 18.9 Å². The van der Waals surface area contributed by atoms with Crippen LogP contribution in [0.1, 0.15) is 18.1 Å². The van der Waals surface area contributed by atoms with Crippen molar-refractivity contribution < 1.29 is 26.4 Å². The summed E-state index contributed by atoms with van der Waals surface area (Å²) in [5.41, 5.74) is -0.363. The van der Waals surface area contributed by atoms with Crippen molar-refractivity contribution in [2.24, 2.45) is 0 Å². The highest BCUT2D eigenvalue weighted by Crippen LogP contribution is 2.33. The summed E-state index contributed by atoms with van der Waals surface area (Å²) in [5.74, 6) is -0.535. The predicted octanol–water partition coefficient (Wildman–Crippen LogP) is 3.52. The molecule has 0 aliphatic heterocycles. The average Bonchev–Trinajstić information content (AvgIpc) is 2.60. The van der Waals surface area contributed by atoms with Gasteiger partial charge in [-0.15, -0.1) is 0 Å². The molecule has 2 aromatic carbocycles. The summed E-state index contributed by atoms with van der Waals surface area (Å²) in [7, 11) is -2.50. The van der Waals surface area contributed by atoms with Crippen molar-refractivity contribution in [3.8, 4) is 0 Å². The molecule has 28 heavy (non-hydrogen) atoms. The third-order valence-corrected chi connectivity index (χ3v) is 5.37. The average molecular weight is 414 g/mol. The topological polar surface area (TPSA) is 57.7 Å². The van der Waals surface area contributed by atoms with Gasteiger partial charge in [-0.1, -0.05) is 36.4 Å². The van der Waals surface area contributed by atoms with Gasteiger partial charge in [0.25, 0.3) is 0 Å². The second-order valence-corrected chi connectivity index (χ2v) is 8.32. The maximum atomic E-state index is 13.0. The summed E-state index contributed by atoms with van der Waals surface area (Å²) >= 11 is 0. The Hall–Kier alpha value is -2.55. The summed E-state index contributed by atoms with van der Waals surface area (Å²) in [4.78, 5) is 14.1. The van der Waals surface area contributed by atoms with Crippen molar-refractivity contribution in [1.82, 2.24) is 4.90 Å². The first-order chi connectivity index (χ1) is 12.9. The van der Waals surface area contributed by atoms with Gasteiger partial charge in [-0.25, -0.2) is 8.42 Å². The Bertz CT molecular complexity index is 931. The largest absolute Gasteiger partial charge is 0.416 e. The van der Waals surface area contributed by atoms with Crippen LogP contribution in [0.15, 0.2) is 54.6 Å². The van der Waals surface area contributed by atoms with Gasteiger partial charge in [0.1, 0.15) is 6.04 Å². The zero-order chi connectivity index (χ0) is 21.1. The molecule has 1 atom stereocenters. The molecule has 5 nitrogen and oxygen atoms in total. The van der Waals surface area contributed by atoms with Gasteiger partial charge in [0.15, 0.2) is 0 Å². The number of carbonyl (C=O) groups is 1. The Labute approximate surface area is 162 Å². The van der Waals surface area contributed by atoms with Crippen LogP contribution >= 0.6 is 0 Å². The molecule has 0 spiro atoms. The van der Waals surface area contributed by atoms with Crippen molar-refractivity contribution in [2.45, 2.75) is 25.7 Å². The van der Waals surface area contributed by atoms with Gasteiger partial charge in [0.05, 0.1) is 17.5 Å². The number of alkyl halides is 3. The summed E-state index contributed by atoms with van der Waals surface area (Å²) in [6, 6.07) is 11.8. The van der Waals surface area contributed by atoms with E-state index in [-0.39, 0.29) is 12.2 Å². The third kappa shape index (κ3) is 5.25. The molecule has 0 heterocycles. The van der Waals surface area contributed by atoms with Gasteiger partial charge in [0.2, 0.25) is 15.9 Å². The van der Waals surface area contributed by atoms with Crippen LogP contribution in [0, 0.1) is 0 Å². The lowest BCUT2D eigenvalue weighted by molar-refractivity contribution is -0.137. The summed E-state index contributed by atoms with van der Waals surface area (Å²) in [5, 5.41) is 0. The maximum absolute atomic E-state index is 13.0. The molecular weight excluding hydrogens is 393 g/mol. The Kier molecular flexibility index (Phi) is 6.38. The van der Waals surface area contributed by atoms with E-state index in [2.05, 4.69) is 0 Å². The van der Waals surface area contributed by atoms with Crippen molar-refractivity contribution >= 4 is 21.6 Å². The molecule has 0 bridgehead atoms. The number of hydrogen-bond donors (Lipinski definition) is 0. The number of benzene rings is 2. The highest BCUT2D eigenvalue weighted by Gasteiger charge is 2.34. The molecule has 0 aliphatic rings. The highest BCUT2D eigenvalue weighted by molar-refractivity contribution is 7.92. The van der Waals surface area contributed by atoms with E-state index >= 15 is 0 Å². The fraction of sp³-hybridized carbons (Fsp3) is 0.316. The molecule has 2 aromatic rings. The molecule has 0 aromatic heterocycles. The van der Waals surface area contributed by atoms with Crippen molar-refractivity contribution in [3.05, 3.63) is 65.7 Å². The van der Waals surface area contributed by atoms with Crippen LogP contribution in [0.3, 0.4) is 0 Å². The first-order valence-corrected chi connectivity index (χ1v) is 10.2. The van der Waals surface area contributed by atoms with E-state index in [1.54, 1.807) is 0 Å². The quantitative estimate of drug-likeness (QED) is 0.727. The Morgan fingerprint density at radius 3 is 2.21 bits per heavy atom. The number of hydrogen-bond acceptors (Lipinski definition) is 3. The van der Waals surface area contributed by atoms with E-state index in [4.69, 9.17) is 0 Å². The number of rotatable bonds is 6. The van der Waals surface area contributed by atoms with Gasteiger partial charge in [-0.3, -0.25) is 9.10 Å². The zero-order valence-electron chi connectivity index (χ0n) is 15.6. The number of anilines is 1. The van der Waals surface area contributed by atoms with Crippen LogP contribution in [-0.4, -0.2) is 38.6 Å². The Morgan fingerprint density at radius 2 is 1.68 bits per heavy atom. The van der Waals surface area contributed by atoms with Crippen LogP contribution in [0.5, 0.6) is 0 Å². The molecule has 0 radical (unpaired) electrons. The zero-order valence-corrected chi connectivity index (χ0v) is 16.5. The lowest BCUT2D eigenvalue weighted by Gasteiger charge is -2.31. The molecule has 0 N–H and O–H groups in total. The van der Waals surface area contributed by atoms with Gasteiger partial charge in [-0.05, 0) is 30.7 Å². The molecule has 0 fully saturated rings. The number of likely N-dealkylation sites (N-methyl/N-ethyl adjacent to an activating group) is 1. The molecule has 0 saturated carbocycles.